The Morgan fingerprint density at radius 3 is 2.60 bits per heavy atom. The number of hydrogen-bond donors (Lipinski definition) is 2. The Kier molecular flexibility index (Phi) is 4.07. The summed E-state index contributed by atoms with van der Waals surface area (Å²) in [4.78, 5) is 7.81. The SMILES string of the molecule is CCCc1c(N)ncnc1Nc1ccc(F)c(F)c1F. The number of hydrogen-bond acceptors (Lipinski definition) is 4. The van der Waals surface area contributed by atoms with E-state index in [1.165, 1.54) is 6.33 Å². The summed E-state index contributed by atoms with van der Waals surface area (Å²) < 4.78 is 39.7. The van der Waals surface area contributed by atoms with E-state index in [1.54, 1.807) is 0 Å². The zero-order valence-corrected chi connectivity index (χ0v) is 10.8. The van der Waals surface area contributed by atoms with Crippen LogP contribution in [0.3, 0.4) is 0 Å². The third-order valence-corrected chi connectivity index (χ3v) is 2.77. The van der Waals surface area contributed by atoms with Crippen LogP contribution in [0.15, 0.2) is 18.5 Å². The van der Waals surface area contributed by atoms with E-state index < -0.39 is 17.5 Å². The van der Waals surface area contributed by atoms with E-state index in [-0.39, 0.29) is 17.3 Å². The van der Waals surface area contributed by atoms with Crippen molar-refractivity contribution in [1.29, 1.82) is 0 Å². The van der Waals surface area contributed by atoms with Crippen LogP contribution in [0.2, 0.25) is 0 Å². The first-order valence-corrected chi connectivity index (χ1v) is 6.04. The van der Waals surface area contributed by atoms with E-state index >= 15 is 0 Å². The van der Waals surface area contributed by atoms with Crippen LogP contribution < -0.4 is 11.1 Å². The Labute approximate surface area is 113 Å². The molecule has 0 saturated heterocycles. The number of aromatic nitrogens is 2. The van der Waals surface area contributed by atoms with Crippen molar-refractivity contribution in [3.05, 3.63) is 41.5 Å². The summed E-state index contributed by atoms with van der Waals surface area (Å²) in [6, 6.07) is 1.94. The van der Waals surface area contributed by atoms with Crippen molar-refractivity contribution in [1.82, 2.24) is 9.97 Å². The lowest BCUT2D eigenvalue weighted by Gasteiger charge is -2.12. The molecule has 0 aliphatic carbocycles. The third kappa shape index (κ3) is 2.66. The molecular formula is C13H13F3N4. The Morgan fingerprint density at radius 1 is 1.15 bits per heavy atom. The highest BCUT2D eigenvalue weighted by atomic mass is 19.2. The van der Waals surface area contributed by atoms with Crippen LogP contribution >= 0.6 is 0 Å². The highest BCUT2D eigenvalue weighted by molar-refractivity contribution is 5.64. The molecule has 0 bridgehead atoms. The summed E-state index contributed by atoms with van der Waals surface area (Å²) >= 11 is 0. The first-order valence-electron chi connectivity index (χ1n) is 6.04. The van der Waals surface area contributed by atoms with Crippen molar-refractivity contribution >= 4 is 17.3 Å². The van der Waals surface area contributed by atoms with Crippen LogP contribution in [0.25, 0.3) is 0 Å². The molecule has 0 aliphatic rings. The predicted molar refractivity (Wildman–Crippen MR) is 70.0 cm³/mol. The van der Waals surface area contributed by atoms with Crippen LogP contribution in [-0.4, -0.2) is 9.97 Å². The van der Waals surface area contributed by atoms with Crippen molar-refractivity contribution < 1.29 is 13.2 Å². The van der Waals surface area contributed by atoms with Crippen molar-refractivity contribution in [3.63, 3.8) is 0 Å². The molecule has 20 heavy (non-hydrogen) atoms. The van der Waals surface area contributed by atoms with E-state index in [2.05, 4.69) is 15.3 Å². The molecule has 0 fully saturated rings. The van der Waals surface area contributed by atoms with Crippen molar-refractivity contribution in [2.75, 3.05) is 11.1 Å². The number of rotatable bonds is 4. The number of nitrogens with one attached hydrogen (secondary N) is 1. The lowest BCUT2D eigenvalue weighted by atomic mass is 10.1. The number of nitrogens with two attached hydrogens (primary N) is 1. The number of benzene rings is 1. The molecule has 0 spiro atoms. The lowest BCUT2D eigenvalue weighted by molar-refractivity contribution is 0.449. The molecule has 0 saturated carbocycles. The molecule has 0 atom stereocenters. The Bertz CT molecular complexity index is 631. The molecule has 1 aromatic heterocycles. The Balaban J connectivity index is 2.40. The molecule has 0 unspecified atom stereocenters. The van der Waals surface area contributed by atoms with Gasteiger partial charge >= 0.3 is 0 Å². The fourth-order valence-corrected chi connectivity index (χ4v) is 1.78. The van der Waals surface area contributed by atoms with Crippen LogP contribution in [0, 0.1) is 17.5 Å². The van der Waals surface area contributed by atoms with Gasteiger partial charge in [0.15, 0.2) is 17.5 Å². The average molecular weight is 282 g/mol. The monoisotopic (exact) mass is 282 g/mol. The molecule has 106 valence electrons. The molecule has 0 aliphatic heterocycles. The topological polar surface area (TPSA) is 63.8 Å². The van der Waals surface area contributed by atoms with Crippen LogP contribution in [0.5, 0.6) is 0 Å². The fourth-order valence-electron chi connectivity index (χ4n) is 1.78. The maximum Gasteiger partial charge on any atom is 0.196 e. The minimum absolute atomic E-state index is 0.209. The van der Waals surface area contributed by atoms with Crippen molar-refractivity contribution in [2.24, 2.45) is 0 Å². The second kappa shape index (κ2) is 5.77. The average Bonchev–Trinajstić information content (AvgIpc) is 2.43. The second-order valence-electron chi connectivity index (χ2n) is 4.18. The predicted octanol–water partition coefficient (Wildman–Crippen LogP) is 3.17. The first-order chi connectivity index (χ1) is 9.54. The summed E-state index contributed by atoms with van der Waals surface area (Å²) in [5.41, 5.74) is 6.14. The van der Waals surface area contributed by atoms with Gasteiger partial charge in [-0.05, 0) is 18.6 Å². The molecule has 1 aromatic carbocycles. The third-order valence-electron chi connectivity index (χ3n) is 2.77. The normalized spacial score (nSPS) is 10.6. The molecule has 2 rings (SSSR count). The largest absolute Gasteiger partial charge is 0.383 e. The van der Waals surface area contributed by atoms with E-state index in [0.717, 1.165) is 18.6 Å². The van der Waals surface area contributed by atoms with Gasteiger partial charge in [0.05, 0.1) is 5.69 Å². The highest BCUT2D eigenvalue weighted by Gasteiger charge is 2.16. The van der Waals surface area contributed by atoms with E-state index in [4.69, 9.17) is 5.73 Å². The van der Waals surface area contributed by atoms with Gasteiger partial charge in [-0.3, -0.25) is 0 Å². The summed E-state index contributed by atoms with van der Waals surface area (Å²) in [5.74, 6) is -3.53. The smallest absolute Gasteiger partial charge is 0.196 e. The molecule has 0 amide bonds. The summed E-state index contributed by atoms with van der Waals surface area (Å²) in [5, 5.41) is 2.62. The van der Waals surface area contributed by atoms with Gasteiger partial charge in [0.1, 0.15) is 18.0 Å². The van der Waals surface area contributed by atoms with Gasteiger partial charge in [-0.25, -0.2) is 23.1 Å². The minimum Gasteiger partial charge on any atom is -0.383 e. The maximum absolute atomic E-state index is 13.6. The molecule has 1 heterocycles. The van der Waals surface area contributed by atoms with Gasteiger partial charge in [0.2, 0.25) is 0 Å². The standard InChI is InChI=1S/C13H13F3N4/c1-2-3-7-12(17)18-6-19-13(7)20-9-5-4-8(14)10(15)11(9)16/h4-6H,2-3H2,1H3,(H3,17,18,19,20). The van der Waals surface area contributed by atoms with Crippen molar-refractivity contribution in [2.45, 2.75) is 19.8 Å². The van der Waals surface area contributed by atoms with Gasteiger partial charge in [0, 0.05) is 5.56 Å². The first kappa shape index (κ1) is 14.1. The van der Waals surface area contributed by atoms with Gasteiger partial charge in [-0.15, -0.1) is 0 Å². The molecule has 0 radical (unpaired) electrons. The van der Waals surface area contributed by atoms with Crippen LogP contribution in [0.4, 0.5) is 30.5 Å². The molecule has 7 heteroatoms. The highest BCUT2D eigenvalue weighted by Crippen LogP contribution is 2.26. The van der Waals surface area contributed by atoms with Gasteiger partial charge in [-0.1, -0.05) is 13.3 Å². The lowest BCUT2D eigenvalue weighted by Crippen LogP contribution is -2.07. The van der Waals surface area contributed by atoms with Crippen molar-refractivity contribution in [3.8, 4) is 0 Å². The number of nitrogens with zero attached hydrogens (tertiary/aromatic N) is 2. The zero-order valence-electron chi connectivity index (χ0n) is 10.8. The van der Waals surface area contributed by atoms with Gasteiger partial charge < -0.3 is 11.1 Å². The molecule has 4 nitrogen and oxygen atoms in total. The zero-order chi connectivity index (χ0) is 14.7. The minimum atomic E-state index is -1.53. The molecular weight excluding hydrogens is 269 g/mol. The van der Waals surface area contributed by atoms with Crippen LogP contribution in [-0.2, 0) is 6.42 Å². The molecule has 3 N–H and O–H groups in total. The van der Waals surface area contributed by atoms with Gasteiger partial charge in [0.25, 0.3) is 0 Å². The number of nitrogen functional groups attached to an aromatic ring is 1. The fraction of sp³-hybridized carbons (Fsp3) is 0.231. The second-order valence-corrected chi connectivity index (χ2v) is 4.18. The summed E-state index contributed by atoms with van der Waals surface area (Å²) in [6.07, 6.45) is 2.58. The van der Waals surface area contributed by atoms with Gasteiger partial charge in [-0.2, -0.15) is 0 Å². The van der Waals surface area contributed by atoms with E-state index in [9.17, 15) is 13.2 Å². The summed E-state index contributed by atoms with van der Waals surface area (Å²) in [6.45, 7) is 1.94. The van der Waals surface area contributed by atoms with E-state index in [0.29, 0.717) is 12.0 Å². The Hall–Kier alpha value is -2.31. The Morgan fingerprint density at radius 2 is 1.90 bits per heavy atom. The molecule has 2 aromatic rings. The number of anilines is 3. The maximum atomic E-state index is 13.6. The van der Waals surface area contributed by atoms with E-state index in [1.807, 2.05) is 6.92 Å². The summed E-state index contributed by atoms with van der Waals surface area (Å²) in [7, 11) is 0. The van der Waals surface area contributed by atoms with Crippen LogP contribution in [0.1, 0.15) is 18.9 Å². The quantitative estimate of drug-likeness (QED) is 0.845. The number of halogens is 3.